The topological polar surface area (TPSA) is 94.8 Å². The third-order valence-electron chi connectivity index (χ3n) is 5.77. The highest BCUT2D eigenvalue weighted by Gasteiger charge is 2.16. The van der Waals surface area contributed by atoms with E-state index in [1.54, 1.807) is 42.5 Å². The standard InChI is InChI=1S/C30H23ClN4O4/c1-38-26-17-22(31)16-21(28(26)39-19-27(36)33-23-12-6-3-7-13-23)18-32-35-29(20-10-4-2-5-11-20)34-25-15-9-8-14-24(25)30(35)37/h2-18H,19H2,1H3,(H,33,36). The second-order valence-electron chi connectivity index (χ2n) is 8.41. The molecule has 0 saturated carbocycles. The number of aromatic nitrogens is 2. The Balaban J connectivity index is 1.53. The summed E-state index contributed by atoms with van der Waals surface area (Å²) in [6, 6.07) is 28.6. The first-order chi connectivity index (χ1) is 19.0. The Morgan fingerprint density at radius 2 is 1.69 bits per heavy atom. The SMILES string of the molecule is COc1cc(Cl)cc(C=Nn2c(-c3ccccc3)nc3ccccc3c2=O)c1OCC(=O)Nc1ccccc1. The van der Waals surface area contributed by atoms with Gasteiger partial charge in [0.15, 0.2) is 23.9 Å². The minimum atomic E-state index is -0.359. The Morgan fingerprint density at radius 3 is 2.44 bits per heavy atom. The molecule has 1 aromatic heterocycles. The molecule has 0 aliphatic rings. The van der Waals surface area contributed by atoms with Crippen LogP contribution in [-0.4, -0.2) is 35.5 Å². The lowest BCUT2D eigenvalue weighted by Gasteiger charge is -2.14. The zero-order valence-electron chi connectivity index (χ0n) is 20.9. The minimum Gasteiger partial charge on any atom is -0.493 e. The molecule has 5 aromatic rings. The molecule has 8 nitrogen and oxygen atoms in total. The summed E-state index contributed by atoms with van der Waals surface area (Å²) in [6.07, 6.45) is 1.43. The van der Waals surface area contributed by atoms with E-state index in [0.717, 1.165) is 5.56 Å². The van der Waals surface area contributed by atoms with Crippen molar-refractivity contribution in [2.45, 2.75) is 0 Å². The van der Waals surface area contributed by atoms with E-state index in [0.29, 0.717) is 38.8 Å². The fraction of sp³-hybridized carbons (Fsp3) is 0.0667. The molecule has 0 saturated heterocycles. The largest absolute Gasteiger partial charge is 0.493 e. The number of para-hydroxylation sites is 2. The van der Waals surface area contributed by atoms with E-state index in [2.05, 4.69) is 10.4 Å². The number of methoxy groups -OCH3 is 1. The van der Waals surface area contributed by atoms with Gasteiger partial charge >= 0.3 is 0 Å². The first-order valence-corrected chi connectivity index (χ1v) is 12.4. The molecular formula is C30H23ClN4O4. The first-order valence-electron chi connectivity index (χ1n) is 12.0. The van der Waals surface area contributed by atoms with Gasteiger partial charge < -0.3 is 14.8 Å². The number of hydrogen-bond donors (Lipinski definition) is 1. The minimum absolute atomic E-state index is 0.247. The number of amides is 1. The van der Waals surface area contributed by atoms with Gasteiger partial charge in [-0.05, 0) is 30.3 Å². The molecule has 0 bridgehead atoms. The molecule has 1 N–H and O–H groups in total. The summed E-state index contributed by atoms with van der Waals surface area (Å²) in [5, 5.41) is 8.05. The monoisotopic (exact) mass is 538 g/mol. The number of carbonyl (C=O) groups is 1. The van der Waals surface area contributed by atoms with Gasteiger partial charge in [0.25, 0.3) is 11.5 Å². The molecule has 9 heteroatoms. The van der Waals surface area contributed by atoms with Gasteiger partial charge in [-0.3, -0.25) is 9.59 Å². The molecule has 0 unspecified atom stereocenters. The van der Waals surface area contributed by atoms with E-state index in [-0.39, 0.29) is 23.8 Å². The maximum Gasteiger partial charge on any atom is 0.282 e. The van der Waals surface area contributed by atoms with Crippen LogP contribution in [0.15, 0.2) is 107 Å². The van der Waals surface area contributed by atoms with Crippen LogP contribution in [0.1, 0.15) is 5.56 Å². The van der Waals surface area contributed by atoms with Crippen molar-refractivity contribution in [3.8, 4) is 22.9 Å². The van der Waals surface area contributed by atoms with Gasteiger partial charge in [0.2, 0.25) is 0 Å². The second-order valence-corrected chi connectivity index (χ2v) is 8.85. The third-order valence-corrected chi connectivity index (χ3v) is 5.99. The fourth-order valence-corrected chi connectivity index (χ4v) is 4.19. The van der Waals surface area contributed by atoms with Crippen molar-refractivity contribution in [1.82, 2.24) is 9.66 Å². The van der Waals surface area contributed by atoms with E-state index in [1.807, 2.05) is 54.6 Å². The molecule has 0 atom stereocenters. The molecule has 194 valence electrons. The Kier molecular flexibility index (Phi) is 7.65. The van der Waals surface area contributed by atoms with Gasteiger partial charge in [-0.2, -0.15) is 9.78 Å². The lowest BCUT2D eigenvalue weighted by molar-refractivity contribution is -0.118. The zero-order valence-corrected chi connectivity index (χ0v) is 21.6. The smallest absolute Gasteiger partial charge is 0.282 e. The molecule has 0 fully saturated rings. The summed E-state index contributed by atoms with van der Waals surface area (Å²) < 4.78 is 12.6. The van der Waals surface area contributed by atoms with Crippen molar-refractivity contribution < 1.29 is 14.3 Å². The molecule has 1 heterocycles. The van der Waals surface area contributed by atoms with E-state index < -0.39 is 0 Å². The van der Waals surface area contributed by atoms with E-state index in [1.165, 1.54) is 18.0 Å². The number of anilines is 1. The molecule has 5 rings (SSSR count). The van der Waals surface area contributed by atoms with Gasteiger partial charge in [-0.25, -0.2) is 4.98 Å². The number of rotatable bonds is 8. The normalized spacial score (nSPS) is 11.0. The van der Waals surface area contributed by atoms with Crippen molar-refractivity contribution in [1.29, 1.82) is 0 Å². The van der Waals surface area contributed by atoms with Crippen LogP contribution in [-0.2, 0) is 4.79 Å². The summed E-state index contributed by atoms with van der Waals surface area (Å²) in [6.45, 7) is -0.291. The van der Waals surface area contributed by atoms with Crippen LogP contribution in [0.5, 0.6) is 11.5 Å². The molecule has 4 aromatic carbocycles. The summed E-state index contributed by atoms with van der Waals surface area (Å²) in [5.74, 6) is 0.567. The summed E-state index contributed by atoms with van der Waals surface area (Å²) in [5.41, 5.74) is 1.99. The van der Waals surface area contributed by atoms with Crippen LogP contribution >= 0.6 is 11.6 Å². The molecule has 0 aliphatic carbocycles. The van der Waals surface area contributed by atoms with Crippen molar-refractivity contribution in [3.63, 3.8) is 0 Å². The first kappa shape index (κ1) is 25.7. The molecular weight excluding hydrogens is 516 g/mol. The second kappa shape index (κ2) is 11.6. The van der Waals surface area contributed by atoms with Gasteiger partial charge in [0.05, 0.1) is 24.2 Å². The number of benzene rings is 4. The van der Waals surface area contributed by atoms with Crippen molar-refractivity contribution in [2.75, 3.05) is 19.0 Å². The number of fused-ring (bicyclic) bond motifs is 1. The predicted octanol–water partition coefficient (Wildman–Crippen LogP) is 5.63. The van der Waals surface area contributed by atoms with Crippen LogP contribution in [0.3, 0.4) is 0 Å². The highest BCUT2D eigenvalue weighted by atomic mass is 35.5. The van der Waals surface area contributed by atoms with Crippen LogP contribution < -0.4 is 20.3 Å². The molecule has 39 heavy (non-hydrogen) atoms. The molecule has 0 spiro atoms. The van der Waals surface area contributed by atoms with Gasteiger partial charge in [-0.15, -0.1) is 0 Å². The van der Waals surface area contributed by atoms with Crippen molar-refractivity contribution in [2.24, 2.45) is 5.10 Å². The molecule has 0 radical (unpaired) electrons. The Hall–Kier alpha value is -4.95. The highest BCUT2D eigenvalue weighted by molar-refractivity contribution is 6.31. The average Bonchev–Trinajstić information content (AvgIpc) is 2.96. The lowest BCUT2D eigenvalue weighted by Crippen LogP contribution is -2.21. The summed E-state index contributed by atoms with van der Waals surface area (Å²) in [7, 11) is 1.47. The van der Waals surface area contributed by atoms with Crippen LogP contribution in [0, 0.1) is 0 Å². The Labute approximate surface area is 229 Å². The van der Waals surface area contributed by atoms with Crippen LogP contribution in [0.2, 0.25) is 5.02 Å². The Morgan fingerprint density at radius 1 is 1.00 bits per heavy atom. The predicted molar refractivity (Wildman–Crippen MR) is 153 cm³/mol. The van der Waals surface area contributed by atoms with E-state index in [4.69, 9.17) is 26.1 Å². The van der Waals surface area contributed by atoms with E-state index in [9.17, 15) is 9.59 Å². The maximum absolute atomic E-state index is 13.5. The lowest BCUT2D eigenvalue weighted by atomic mass is 10.2. The number of nitrogens with one attached hydrogen (secondary N) is 1. The number of ether oxygens (including phenoxy) is 2. The quantitative estimate of drug-likeness (QED) is 0.259. The third kappa shape index (κ3) is 5.81. The Bertz CT molecular complexity index is 1720. The van der Waals surface area contributed by atoms with Crippen molar-refractivity contribution >= 4 is 40.3 Å². The molecule has 1 amide bonds. The highest BCUT2D eigenvalue weighted by Crippen LogP contribution is 2.34. The van der Waals surface area contributed by atoms with Gasteiger partial charge in [0.1, 0.15) is 0 Å². The molecule has 0 aliphatic heterocycles. The van der Waals surface area contributed by atoms with Gasteiger partial charge in [0, 0.05) is 27.9 Å². The number of nitrogens with zero attached hydrogens (tertiary/aromatic N) is 3. The maximum atomic E-state index is 13.5. The zero-order chi connectivity index (χ0) is 27.2. The van der Waals surface area contributed by atoms with Crippen LogP contribution in [0.4, 0.5) is 5.69 Å². The number of carbonyl (C=O) groups excluding carboxylic acids is 1. The number of hydrogen-bond acceptors (Lipinski definition) is 6. The average molecular weight is 539 g/mol. The summed E-state index contributed by atoms with van der Waals surface area (Å²) >= 11 is 6.33. The van der Waals surface area contributed by atoms with Gasteiger partial charge in [-0.1, -0.05) is 72.3 Å². The number of halogens is 1. The fourth-order valence-electron chi connectivity index (χ4n) is 3.97. The summed E-state index contributed by atoms with van der Waals surface area (Å²) in [4.78, 5) is 30.7. The van der Waals surface area contributed by atoms with Crippen LogP contribution in [0.25, 0.3) is 22.3 Å². The van der Waals surface area contributed by atoms with Crippen molar-refractivity contribution in [3.05, 3.63) is 118 Å². The van der Waals surface area contributed by atoms with E-state index >= 15 is 0 Å².